The summed E-state index contributed by atoms with van der Waals surface area (Å²) in [7, 11) is 1.81. The van der Waals surface area contributed by atoms with Crippen LogP contribution in [-0.4, -0.2) is 25.2 Å². The molecule has 130 valence electrons. The first-order chi connectivity index (χ1) is 11.6. The lowest BCUT2D eigenvalue weighted by Crippen LogP contribution is -2.63. The number of benzene rings is 1. The van der Waals surface area contributed by atoms with Gasteiger partial charge in [0.2, 0.25) is 5.91 Å². The van der Waals surface area contributed by atoms with E-state index in [1.807, 2.05) is 7.11 Å². The molecule has 4 aliphatic carbocycles. The average molecular weight is 331 g/mol. The molecule has 3 nitrogen and oxygen atoms in total. The molecule has 4 aliphatic rings. The maximum Gasteiger partial charge on any atom is 0.224 e. The van der Waals surface area contributed by atoms with Gasteiger partial charge in [0.15, 0.2) is 0 Å². The quantitative estimate of drug-likeness (QED) is 0.899. The van der Waals surface area contributed by atoms with Gasteiger partial charge in [-0.1, -0.05) is 12.1 Å². The topological polar surface area (TPSA) is 38.3 Å². The Morgan fingerprint density at radius 1 is 1.12 bits per heavy atom. The number of carbonyl (C=O) groups excluding carboxylic acids is 1. The first-order valence-electron chi connectivity index (χ1n) is 9.15. The van der Waals surface area contributed by atoms with Gasteiger partial charge in [0.1, 0.15) is 5.82 Å². The summed E-state index contributed by atoms with van der Waals surface area (Å²) in [6.45, 7) is 0.609. The lowest BCUT2D eigenvalue weighted by molar-refractivity contribution is -0.188. The highest BCUT2D eigenvalue weighted by atomic mass is 19.1. The molecule has 0 spiro atoms. The Hall–Kier alpha value is -1.42. The van der Waals surface area contributed by atoms with Crippen LogP contribution in [-0.2, 0) is 16.0 Å². The van der Waals surface area contributed by atoms with Gasteiger partial charge in [-0.05, 0) is 73.5 Å². The van der Waals surface area contributed by atoms with Crippen molar-refractivity contribution in [3.8, 4) is 0 Å². The van der Waals surface area contributed by atoms with E-state index in [0.29, 0.717) is 24.8 Å². The Bertz CT molecular complexity index is 585. The van der Waals surface area contributed by atoms with E-state index in [9.17, 15) is 9.18 Å². The largest absolute Gasteiger partial charge is 0.376 e. The second kappa shape index (κ2) is 6.14. The minimum atomic E-state index is -0.272. The third-order valence-electron chi connectivity index (χ3n) is 6.74. The van der Waals surface area contributed by atoms with E-state index in [0.717, 1.165) is 17.4 Å². The lowest BCUT2D eigenvalue weighted by Gasteiger charge is -2.60. The smallest absolute Gasteiger partial charge is 0.224 e. The van der Waals surface area contributed by atoms with Gasteiger partial charge in [-0.25, -0.2) is 4.39 Å². The molecule has 5 rings (SSSR count). The molecule has 0 heterocycles. The van der Waals surface area contributed by atoms with Crippen LogP contribution in [0.1, 0.15) is 37.7 Å². The highest BCUT2D eigenvalue weighted by Gasteiger charge is 2.57. The van der Waals surface area contributed by atoms with Gasteiger partial charge in [0.05, 0.1) is 12.0 Å². The Labute approximate surface area is 143 Å². The summed E-state index contributed by atoms with van der Waals surface area (Å²) in [6, 6.07) is 6.14. The molecule has 4 heteroatoms. The van der Waals surface area contributed by atoms with Crippen LogP contribution < -0.4 is 5.32 Å². The normalized spacial score (nSPS) is 36.8. The lowest BCUT2D eigenvalue weighted by atomic mass is 9.49. The molecule has 4 fully saturated rings. The highest BCUT2D eigenvalue weighted by molar-refractivity contribution is 5.78. The van der Waals surface area contributed by atoms with E-state index in [4.69, 9.17) is 4.74 Å². The molecule has 1 amide bonds. The fourth-order valence-electron chi connectivity index (χ4n) is 5.76. The maximum absolute atomic E-state index is 13.0. The summed E-state index contributed by atoms with van der Waals surface area (Å²) in [5.41, 5.74) is 0.664. The monoisotopic (exact) mass is 331 g/mol. The number of halogens is 1. The summed E-state index contributed by atoms with van der Waals surface area (Å²) in [5.74, 6) is 2.66. The first-order valence-corrected chi connectivity index (χ1v) is 9.15. The van der Waals surface area contributed by atoms with Gasteiger partial charge in [-0.15, -0.1) is 0 Å². The Morgan fingerprint density at radius 3 is 2.25 bits per heavy atom. The molecule has 1 aromatic rings. The molecule has 0 unspecified atom stereocenters. The predicted octanol–water partition coefficient (Wildman–Crippen LogP) is 3.33. The van der Waals surface area contributed by atoms with Crippen molar-refractivity contribution in [2.24, 2.45) is 23.7 Å². The third-order valence-corrected chi connectivity index (χ3v) is 6.74. The van der Waals surface area contributed by atoms with Crippen molar-refractivity contribution in [2.45, 2.75) is 44.1 Å². The summed E-state index contributed by atoms with van der Waals surface area (Å²) in [4.78, 5) is 12.3. The SMILES string of the molecule is COC1(CNC(=O)Cc2ccc(F)cc2)C2CC3CC(C2)CC1C3. The second-order valence-corrected chi connectivity index (χ2v) is 8.04. The zero-order valence-corrected chi connectivity index (χ0v) is 14.3. The van der Waals surface area contributed by atoms with Crippen LogP contribution in [0.2, 0.25) is 0 Å². The van der Waals surface area contributed by atoms with Crippen molar-refractivity contribution in [1.29, 1.82) is 0 Å². The van der Waals surface area contributed by atoms with Gasteiger partial charge < -0.3 is 10.1 Å². The number of rotatable bonds is 5. The summed E-state index contributed by atoms with van der Waals surface area (Å²) in [6.07, 6.45) is 6.73. The number of methoxy groups -OCH3 is 1. The maximum atomic E-state index is 13.0. The van der Waals surface area contributed by atoms with E-state index < -0.39 is 0 Å². The Balaban J connectivity index is 1.40. The van der Waals surface area contributed by atoms with Gasteiger partial charge in [0.25, 0.3) is 0 Å². The van der Waals surface area contributed by atoms with E-state index >= 15 is 0 Å². The van der Waals surface area contributed by atoms with Gasteiger partial charge >= 0.3 is 0 Å². The van der Waals surface area contributed by atoms with Crippen LogP contribution in [0.3, 0.4) is 0 Å². The molecule has 0 aliphatic heterocycles. The third kappa shape index (κ3) is 2.75. The molecule has 0 radical (unpaired) electrons. The second-order valence-electron chi connectivity index (χ2n) is 8.04. The molecule has 24 heavy (non-hydrogen) atoms. The molecular formula is C20H26FNO2. The van der Waals surface area contributed by atoms with Crippen molar-refractivity contribution in [3.05, 3.63) is 35.6 Å². The zero-order chi connectivity index (χ0) is 16.7. The predicted molar refractivity (Wildman–Crippen MR) is 89.9 cm³/mol. The molecule has 0 atom stereocenters. The minimum absolute atomic E-state index is 0.00756. The molecule has 4 saturated carbocycles. The zero-order valence-electron chi connectivity index (χ0n) is 14.3. The molecule has 4 bridgehead atoms. The van der Waals surface area contributed by atoms with Gasteiger partial charge in [0, 0.05) is 13.7 Å². The van der Waals surface area contributed by atoms with Crippen LogP contribution in [0, 0.1) is 29.5 Å². The van der Waals surface area contributed by atoms with Crippen LogP contribution in [0.5, 0.6) is 0 Å². The molecule has 0 saturated heterocycles. The fraction of sp³-hybridized carbons (Fsp3) is 0.650. The van der Waals surface area contributed by atoms with Crippen LogP contribution >= 0.6 is 0 Å². The molecular weight excluding hydrogens is 305 g/mol. The molecule has 0 aromatic heterocycles. The van der Waals surface area contributed by atoms with E-state index in [1.54, 1.807) is 12.1 Å². The number of ether oxygens (including phenoxy) is 1. The Morgan fingerprint density at radius 2 is 1.71 bits per heavy atom. The number of hydrogen-bond acceptors (Lipinski definition) is 2. The molecule has 1 N–H and O–H groups in total. The fourth-order valence-corrected chi connectivity index (χ4v) is 5.76. The molecule has 1 aromatic carbocycles. The van der Waals surface area contributed by atoms with Crippen LogP contribution in [0.15, 0.2) is 24.3 Å². The number of carbonyl (C=O) groups is 1. The van der Waals surface area contributed by atoms with Crippen molar-refractivity contribution >= 4 is 5.91 Å². The van der Waals surface area contributed by atoms with Crippen molar-refractivity contribution < 1.29 is 13.9 Å². The van der Waals surface area contributed by atoms with E-state index in [2.05, 4.69) is 5.32 Å². The first kappa shape index (κ1) is 16.1. The van der Waals surface area contributed by atoms with Crippen LogP contribution in [0.4, 0.5) is 4.39 Å². The summed E-state index contributed by atoms with van der Waals surface area (Å²) in [5, 5.41) is 3.11. The van der Waals surface area contributed by atoms with E-state index in [1.165, 1.54) is 44.2 Å². The summed E-state index contributed by atoms with van der Waals surface area (Å²) < 4.78 is 19.0. The van der Waals surface area contributed by atoms with Crippen molar-refractivity contribution in [2.75, 3.05) is 13.7 Å². The number of nitrogens with one attached hydrogen (secondary N) is 1. The number of amides is 1. The van der Waals surface area contributed by atoms with E-state index in [-0.39, 0.29) is 17.3 Å². The minimum Gasteiger partial charge on any atom is -0.376 e. The van der Waals surface area contributed by atoms with Gasteiger partial charge in [-0.2, -0.15) is 0 Å². The summed E-state index contributed by atoms with van der Waals surface area (Å²) >= 11 is 0. The van der Waals surface area contributed by atoms with Crippen molar-refractivity contribution in [3.63, 3.8) is 0 Å². The highest BCUT2D eigenvalue weighted by Crippen LogP contribution is 2.59. The van der Waals surface area contributed by atoms with Crippen molar-refractivity contribution in [1.82, 2.24) is 5.32 Å². The standard InChI is InChI=1S/C20H26FNO2/c1-24-20(16-7-14-6-15(9-16)10-17(20)8-14)12-22-19(23)11-13-2-4-18(21)5-3-13/h2-5,14-17H,6-12H2,1H3,(H,22,23). The average Bonchev–Trinajstić information content (AvgIpc) is 2.56. The van der Waals surface area contributed by atoms with Gasteiger partial charge in [-0.3, -0.25) is 4.79 Å². The number of hydrogen-bond donors (Lipinski definition) is 1. The van der Waals surface area contributed by atoms with Crippen LogP contribution in [0.25, 0.3) is 0 Å². The Kier molecular flexibility index (Phi) is 4.11.